The van der Waals surface area contributed by atoms with E-state index in [2.05, 4.69) is 11.8 Å². The molecule has 0 amide bonds. The van der Waals surface area contributed by atoms with Gasteiger partial charge in [0, 0.05) is 0 Å². The Labute approximate surface area is 96.3 Å². The molecular weight excluding hydrogens is 204 g/mol. The lowest BCUT2D eigenvalue weighted by atomic mass is 10.1. The maximum atomic E-state index is 11.4. The Bertz CT molecular complexity index is 316. The minimum absolute atomic E-state index is 0.430. The standard InChI is InChI=1S/C13H18O3/c1-3-5-11-6-8-12(9-7-11)13(14)16-15-10-4-2/h6-9H,3-5,10H2,1-2H3. The van der Waals surface area contributed by atoms with Gasteiger partial charge in [-0.1, -0.05) is 32.4 Å². The maximum Gasteiger partial charge on any atom is 0.373 e. The third kappa shape index (κ3) is 4.03. The zero-order valence-electron chi connectivity index (χ0n) is 9.86. The summed E-state index contributed by atoms with van der Waals surface area (Å²) in [6.45, 7) is 4.51. The van der Waals surface area contributed by atoms with E-state index in [4.69, 9.17) is 4.89 Å². The van der Waals surface area contributed by atoms with Crippen molar-refractivity contribution in [2.75, 3.05) is 6.61 Å². The highest BCUT2D eigenvalue weighted by atomic mass is 17.2. The highest BCUT2D eigenvalue weighted by Crippen LogP contribution is 2.08. The molecule has 1 rings (SSSR count). The summed E-state index contributed by atoms with van der Waals surface area (Å²) in [5.74, 6) is -0.434. The molecule has 0 saturated carbocycles. The van der Waals surface area contributed by atoms with E-state index < -0.39 is 5.97 Å². The van der Waals surface area contributed by atoms with E-state index in [1.54, 1.807) is 12.1 Å². The van der Waals surface area contributed by atoms with Crippen LogP contribution in [0.1, 0.15) is 42.6 Å². The number of aryl methyl sites for hydroxylation is 1. The van der Waals surface area contributed by atoms with Crippen LogP contribution in [0.3, 0.4) is 0 Å². The first-order chi connectivity index (χ1) is 7.77. The molecule has 0 N–H and O–H groups in total. The van der Waals surface area contributed by atoms with Crippen LogP contribution in [0.25, 0.3) is 0 Å². The molecule has 0 spiro atoms. The topological polar surface area (TPSA) is 35.5 Å². The second-order valence-corrected chi connectivity index (χ2v) is 3.64. The van der Waals surface area contributed by atoms with Gasteiger partial charge in [0.1, 0.15) is 0 Å². The van der Waals surface area contributed by atoms with Crippen LogP contribution in [-0.2, 0) is 16.2 Å². The number of hydrogen-bond donors (Lipinski definition) is 0. The van der Waals surface area contributed by atoms with E-state index >= 15 is 0 Å². The summed E-state index contributed by atoms with van der Waals surface area (Å²) in [5, 5.41) is 0. The summed E-state index contributed by atoms with van der Waals surface area (Å²) >= 11 is 0. The molecule has 0 aromatic heterocycles. The van der Waals surface area contributed by atoms with E-state index in [0.29, 0.717) is 12.2 Å². The number of hydrogen-bond acceptors (Lipinski definition) is 3. The molecule has 3 heteroatoms. The molecule has 1 aromatic rings. The second kappa shape index (κ2) is 7.01. The summed E-state index contributed by atoms with van der Waals surface area (Å²) in [4.78, 5) is 20.8. The van der Waals surface area contributed by atoms with Gasteiger partial charge in [-0.15, -0.1) is 0 Å². The van der Waals surface area contributed by atoms with Crippen molar-refractivity contribution in [1.82, 2.24) is 0 Å². The quantitative estimate of drug-likeness (QED) is 0.421. The van der Waals surface area contributed by atoms with Gasteiger partial charge in [-0.3, -0.25) is 4.89 Å². The molecule has 88 valence electrons. The van der Waals surface area contributed by atoms with Gasteiger partial charge in [-0.2, -0.15) is 4.89 Å². The monoisotopic (exact) mass is 222 g/mol. The fourth-order valence-corrected chi connectivity index (χ4v) is 1.32. The molecule has 0 heterocycles. The SMILES string of the molecule is CCCOOC(=O)c1ccc(CCC)cc1. The second-order valence-electron chi connectivity index (χ2n) is 3.64. The first kappa shape index (κ1) is 12.7. The van der Waals surface area contributed by atoms with Crippen LogP contribution >= 0.6 is 0 Å². The first-order valence-corrected chi connectivity index (χ1v) is 5.70. The maximum absolute atomic E-state index is 11.4. The van der Waals surface area contributed by atoms with E-state index in [1.165, 1.54) is 5.56 Å². The Morgan fingerprint density at radius 3 is 2.38 bits per heavy atom. The molecule has 0 radical (unpaired) electrons. The largest absolute Gasteiger partial charge is 0.373 e. The molecule has 0 unspecified atom stereocenters. The van der Waals surface area contributed by atoms with E-state index in [-0.39, 0.29) is 0 Å². The lowest BCUT2D eigenvalue weighted by Crippen LogP contribution is -2.06. The summed E-state index contributed by atoms with van der Waals surface area (Å²) in [6, 6.07) is 7.42. The predicted octanol–water partition coefficient (Wildman–Crippen LogP) is 3.14. The smallest absolute Gasteiger partial charge is 0.293 e. The van der Waals surface area contributed by atoms with E-state index in [0.717, 1.165) is 19.3 Å². The van der Waals surface area contributed by atoms with E-state index in [1.807, 2.05) is 19.1 Å². The van der Waals surface area contributed by atoms with Crippen molar-refractivity contribution in [2.24, 2.45) is 0 Å². The Morgan fingerprint density at radius 1 is 1.12 bits per heavy atom. The highest BCUT2D eigenvalue weighted by Gasteiger charge is 2.07. The Morgan fingerprint density at radius 2 is 1.81 bits per heavy atom. The zero-order valence-corrected chi connectivity index (χ0v) is 9.86. The first-order valence-electron chi connectivity index (χ1n) is 5.70. The van der Waals surface area contributed by atoms with Gasteiger partial charge in [0.05, 0.1) is 12.2 Å². The fourth-order valence-electron chi connectivity index (χ4n) is 1.32. The number of rotatable bonds is 6. The highest BCUT2D eigenvalue weighted by molar-refractivity contribution is 5.88. The average Bonchev–Trinajstić information content (AvgIpc) is 2.30. The minimum Gasteiger partial charge on any atom is -0.293 e. The van der Waals surface area contributed by atoms with Crippen LogP contribution in [-0.4, -0.2) is 12.6 Å². The van der Waals surface area contributed by atoms with E-state index in [9.17, 15) is 4.79 Å². The van der Waals surface area contributed by atoms with Gasteiger partial charge in [0.15, 0.2) is 0 Å². The molecule has 0 atom stereocenters. The minimum atomic E-state index is -0.434. The van der Waals surface area contributed by atoms with Crippen molar-refractivity contribution in [3.8, 4) is 0 Å². The van der Waals surface area contributed by atoms with Crippen LogP contribution < -0.4 is 0 Å². The molecule has 1 aromatic carbocycles. The lowest BCUT2D eigenvalue weighted by Gasteiger charge is -2.03. The fraction of sp³-hybridized carbons (Fsp3) is 0.462. The summed E-state index contributed by atoms with van der Waals surface area (Å²) in [7, 11) is 0. The Balaban J connectivity index is 2.49. The molecule has 0 aliphatic carbocycles. The molecule has 0 aliphatic rings. The van der Waals surface area contributed by atoms with Crippen molar-refractivity contribution in [3.63, 3.8) is 0 Å². The summed E-state index contributed by atoms with van der Waals surface area (Å²) < 4.78 is 0. The van der Waals surface area contributed by atoms with Gasteiger partial charge in [0.2, 0.25) is 0 Å². The molecule has 0 aliphatic heterocycles. The molecule has 0 bridgehead atoms. The van der Waals surface area contributed by atoms with Crippen LogP contribution in [0.4, 0.5) is 0 Å². The Hall–Kier alpha value is -1.35. The Kier molecular flexibility index (Phi) is 5.57. The normalized spacial score (nSPS) is 10.1. The third-order valence-corrected chi connectivity index (χ3v) is 2.15. The average molecular weight is 222 g/mol. The molecule has 3 nitrogen and oxygen atoms in total. The number of carbonyl (C=O) groups excluding carboxylic acids is 1. The predicted molar refractivity (Wildman–Crippen MR) is 62.1 cm³/mol. The number of carbonyl (C=O) groups is 1. The molecule has 0 fully saturated rings. The third-order valence-electron chi connectivity index (χ3n) is 2.15. The van der Waals surface area contributed by atoms with Crippen molar-refractivity contribution in [3.05, 3.63) is 35.4 Å². The van der Waals surface area contributed by atoms with Crippen molar-refractivity contribution in [2.45, 2.75) is 33.1 Å². The molecule has 0 saturated heterocycles. The lowest BCUT2D eigenvalue weighted by molar-refractivity contribution is -0.240. The van der Waals surface area contributed by atoms with Crippen molar-refractivity contribution >= 4 is 5.97 Å². The summed E-state index contributed by atoms with van der Waals surface area (Å²) in [6.07, 6.45) is 2.95. The molecular formula is C13H18O3. The van der Waals surface area contributed by atoms with Gasteiger partial charge in [0.25, 0.3) is 0 Å². The zero-order chi connectivity index (χ0) is 11.8. The van der Waals surface area contributed by atoms with Crippen molar-refractivity contribution < 1.29 is 14.6 Å². The summed E-state index contributed by atoms with van der Waals surface area (Å²) in [5.41, 5.74) is 1.75. The van der Waals surface area contributed by atoms with Crippen LogP contribution in [0.15, 0.2) is 24.3 Å². The van der Waals surface area contributed by atoms with Crippen molar-refractivity contribution in [1.29, 1.82) is 0 Å². The van der Waals surface area contributed by atoms with Crippen LogP contribution in [0, 0.1) is 0 Å². The van der Waals surface area contributed by atoms with Gasteiger partial charge in [-0.25, -0.2) is 4.79 Å². The van der Waals surface area contributed by atoms with Crippen LogP contribution in [0.5, 0.6) is 0 Å². The van der Waals surface area contributed by atoms with Gasteiger partial charge < -0.3 is 0 Å². The van der Waals surface area contributed by atoms with Gasteiger partial charge in [-0.05, 0) is 30.5 Å². The molecule has 16 heavy (non-hydrogen) atoms. The van der Waals surface area contributed by atoms with Crippen LogP contribution in [0.2, 0.25) is 0 Å². The van der Waals surface area contributed by atoms with Gasteiger partial charge >= 0.3 is 5.97 Å². The number of benzene rings is 1.